The van der Waals surface area contributed by atoms with Crippen molar-refractivity contribution in [2.75, 3.05) is 47.1 Å². The predicted octanol–water partition coefficient (Wildman–Crippen LogP) is 2.82. The molecule has 0 heterocycles. The molecule has 0 saturated carbocycles. The maximum absolute atomic E-state index is 5.76. The molecule has 0 aromatic heterocycles. The van der Waals surface area contributed by atoms with E-state index in [1.54, 1.807) is 7.05 Å². The fraction of sp³-hybridized carbons (Fsp3) is 0.632. The first-order valence-electron chi connectivity index (χ1n) is 8.72. The summed E-state index contributed by atoms with van der Waals surface area (Å²) in [6.07, 6.45) is 3.16. The van der Waals surface area contributed by atoms with Crippen LogP contribution in [-0.2, 0) is 6.54 Å². The number of hydrogen-bond donors (Lipinski definition) is 2. The second-order valence-electron chi connectivity index (χ2n) is 6.89. The van der Waals surface area contributed by atoms with Gasteiger partial charge in [0.1, 0.15) is 5.75 Å². The summed E-state index contributed by atoms with van der Waals surface area (Å²) < 4.78 is 5.94. The van der Waals surface area contributed by atoms with Crippen LogP contribution in [0.4, 0.5) is 0 Å². The van der Waals surface area contributed by atoms with E-state index >= 15 is 0 Å². The van der Waals surface area contributed by atoms with Crippen molar-refractivity contribution in [2.24, 2.45) is 4.99 Å². The van der Waals surface area contributed by atoms with Crippen LogP contribution in [0, 0.1) is 0 Å². The standard InChI is InChI=1S/C19H34N4OS/c1-19(2,25-6)15-22-18(20-3)21-14-16-8-10-17(11-9-16)24-13-7-12-23(4)5/h8-11H,7,12-15H2,1-6H3,(H2,20,21,22). The highest BCUT2D eigenvalue weighted by atomic mass is 32.2. The summed E-state index contributed by atoms with van der Waals surface area (Å²) in [4.78, 5) is 6.44. The molecule has 0 atom stereocenters. The van der Waals surface area contributed by atoms with Crippen LogP contribution >= 0.6 is 11.8 Å². The van der Waals surface area contributed by atoms with Crippen molar-refractivity contribution in [3.63, 3.8) is 0 Å². The Balaban J connectivity index is 2.36. The molecular weight excluding hydrogens is 332 g/mol. The van der Waals surface area contributed by atoms with E-state index in [0.717, 1.165) is 44.4 Å². The Bertz CT molecular complexity index is 515. The molecule has 6 heteroatoms. The topological polar surface area (TPSA) is 48.9 Å². The molecule has 0 amide bonds. The largest absolute Gasteiger partial charge is 0.494 e. The van der Waals surface area contributed by atoms with E-state index < -0.39 is 0 Å². The lowest BCUT2D eigenvalue weighted by atomic mass is 10.2. The van der Waals surface area contributed by atoms with Crippen LogP contribution in [0.25, 0.3) is 0 Å². The number of ether oxygens (including phenoxy) is 1. The third-order valence-electron chi connectivity index (χ3n) is 3.86. The van der Waals surface area contributed by atoms with E-state index in [1.165, 1.54) is 5.56 Å². The number of rotatable bonds is 10. The lowest BCUT2D eigenvalue weighted by Crippen LogP contribution is -2.42. The average Bonchev–Trinajstić information content (AvgIpc) is 2.60. The zero-order valence-corrected chi connectivity index (χ0v) is 17.4. The van der Waals surface area contributed by atoms with Crippen molar-refractivity contribution in [3.8, 4) is 5.75 Å². The molecule has 5 nitrogen and oxygen atoms in total. The second kappa shape index (κ2) is 11.3. The van der Waals surface area contributed by atoms with Gasteiger partial charge in [0.25, 0.3) is 0 Å². The fourth-order valence-corrected chi connectivity index (χ4v) is 2.27. The van der Waals surface area contributed by atoms with E-state index in [2.05, 4.69) is 66.9 Å². The molecule has 0 bridgehead atoms. The minimum atomic E-state index is 0.184. The van der Waals surface area contributed by atoms with E-state index in [-0.39, 0.29) is 4.75 Å². The Labute approximate surface area is 157 Å². The SMILES string of the molecule is CN=C(NCc1ccc(OCCCN(C)C)cc1)NCC(C)(C)SC. The quantitative estimate of drug-likeness (QED) is 0.379. The number of guanidine groups is 1. The number of benzene rings is 1. The van der Waals surface area contributed by atoms with Crippen molar-refractivity contribution >= 4 is 17.7 Å². The van der Waals surface area contributed by atoms with Crippen LogP contribution in [-0.4, -0.2) is 62.7 Å². The van der Waals surface area contributed by atoms with Gasteiger partial charge in [-0.2, -0.15) is 11.8 Å². The van der Waals surface area contributed by atoms with Crippen LogP contribution in [0.2, 0.25) is 0 Å². The van der Waals surface area contributed by atoms with Crippen molar-refractivity contribution in [2.45, 2.75) is 31.6 Å². The van der Waals surface area contributed by atoms with E-state index in [4.69, 9.17) is 4.74 Å². The molecule has 0 aliphatic heterocycles. The first kappa shape index (κ1) is 21.6. The number of thioether (sulfide) groups is 1. The van der Waals surface area contributed by atoms with Gasteiger partial charge in [-0.1, -0.05) is 12.1 Å². The number of hydrogen-bond acceptors (Lipinski definition) is 4. The molecule has 1 aromatic rings. The monoisotopic (exact) mass is 366 g/mol. The summed E-state index contributed by atoms with van der Waals surface area (Å²) in [5.74, 6) is 1.75. The molecule has 0 aliphatic carbocycles. The predicted molar refractivity (Wildman–Crippen MR) is 111 cm³/mol. The lowest BCUT2D eigenvalue weighted by Gasteiger charge is -2.23. The molecule has 0 aliphatic rings. The summed E-state index contributed by atoms with van der Waals surface area (Å²) >= 11 is 1.84. The Morgan fingerprint density at radius 2 is 1.88 bits per heavy atom. The molecule has 0 radical (unpaired) electrons. The maximum atomic E-state index is 5.76. The minimum absolute atomic E-state index is 0.184. The molecule has 0 unspecified atom stereocenters. The molecule has 25 heavy (non-hydrogen) atoms. The molecule has 142 valence electrons. The van der Waals surface area contributed by atoms with Crippen molar-refractivity contribution < 1.29 is 4.74 Å². The van der Waals surface area contributed by atoms with Crippen LogP contribution in [0.5, 0.6) is 5.75 Å². The summed E-state index contributed by atoms with van der Waals surface area (Å²) in [7, 11) is 5.95. The van der Waals surface area contributed by atoms with Crippen LogP contribution < -0.4 is 15.4 Å². The van der Waals surface area contributed by atoms with Gasteiger partial charge in [0.05, 0.1) is 6.61 Å². The van der Waals surface area contributed by atoms with Gasteiger partial charge in [-0.05, 0) is 58.3 Å². The van der Waals surface area contributed by atoms with Gasteiger partial charge in [-0.25, -0.2) is 0 Å². The van der Waals surface area contributed by atoms with Crippen LogP contribution in [0.1, 0.15) is 25.8 Å². The second-order valence-corrected chi connectivity index (χ2v) is 8.41. The number of nitrogens with one attached hydrogen (secondary N) is 2. The van der Waals surface area contributed by atoms with Crippen LogP contribution in [0.15, 0.2) is 29.3 Å². The van der Waals surface area contributed by atoms with E-state index in [1.807, 2.05) is 23.9 Å². The molecule has 0 saturated heterocycles. The zero-order chi connectivity index (χ0) is 18.7. The summed E-state index contributed by atoms with van der Waals surface area (Å²) in [5.41, 5.74) is 1.20. The summed E-state index contributed by atoms with van der Waals surface area (Å²) in [6, 6.07) is 8.24. The normalized spacial score (nSPS) is 12.4. The minimum Gasteiger partial charge on any atom is -0.494 e. The Hall–Kier alpha value is -1.40. The van der Waals surface area contributed by atoms with Gasteiger partial charge in [0.2, 0.25) is 0 Å². The smallest absolute Gasteiger partial charge is 0.191 e. The van der Waals surface area contributed by atoms with Gasteiger partial charge in [-0.15, -0.1) is 0 Å². The van der Waals surface area contributed by atoms with Gasteiger partial charge < -0.3 is 20.3 Å². The van der Waals surface area contributed by atoms with Crippen molar-refractivity contribution in [3.05, 3.63) is 29.8 Å². The molecular formula is C19H34N4OS. The van der Waals surface area contributed by atoms with Gasteiger partial charge in [-0.3, -0.25) is 4.99 Å². The molecule has 2 N–H and O–H groups in total. The van der Waals surface area contributed by atoms with Crippen molar-refractivity contribution in [1.82, 2.24) is 15.5 Å². The average molecular weight is 367 g/mol. The van der Waals surface area contributed by atoms with Gasteiger partial charge >= 0.3 is 0 Å². The van der Waals surface area contributed by atoms with Crippen LogP contribution in [0.3, 0.4) is 0 Å². The summed E-state index contributed by atoms with van der Waals surface area (Å²) in [6.45, 7) is 7.83. The molecule has 1 rings (SSSR count). The van der Waals surface area contributed by atoms with E-state index in [0.29, 0.717) is 0 Å². The fourth-order valence-electron chi connectivity index (χ4n) is 2.05. The first-order chi connectivity index (χ1) is 11.9. The third kappa shape index (κ3) is 9.60. The lowest BCUT2D eigenvalue weighted by molar-refractivity contribution is 0.281. The number of nitrogens with zero attached hydrogens (tertiary/aromatic N) is 2. The zero-order valence-electron chi connectivity index (χ0n) is 16.6. The molecule has 0 spiro atoms. The summed E-state index contributed by atoms with van der Waals surface area (Å²) in [5, 5.41) is 6.72. The number of aliphatic imine (C=N–C) groups is 1. The molecule has 1 aromatic carbocycles. The highest BCUT2D eigenvalue weighted by Crippen LogP contribution is 2.19. The maximum Gasteiger partial charge on any atom is 0.191 e. The van der Waals surface area contributed by atoms with Gasteiger partial charge in [0.15, 0.2) is 5.96 Å². The van der Waals surface area contributed by atoms with E-state index in [9.17, 15) is 0 Å². The first-order valence-corrected chi connectivity index (χ1v) is 9.95. The Kier molecular flexibility index (Phi) is 9.75. The third-order valence-corrected chi connectivity index (χ3v) is 5.11. The Morgan fingerprint density at radius 1 is 1.20 bits per heavy atom. The molecule has 0 fully saturated rings. The highest BCUT2D eigenvalue weighted by molar-refractivity contribution is 7.99. The highest BCUT2D eigenvalue weighted by Gasteiger charge is 2.15. The Morgan fingerprint density at radius 3 is 2.44 bits per heavy atom. The van der Waals surface area contributed by atoms with Gasteiger partial charge in [0, 0.05) is 31.4 Å². The van der Waals surface area contributed by atoms with Crippen molar-refractivity contribution in [1.29, 1.82) is 0 Å².